The molecule has 0 aliphatic heterocycles. The molecule has 0 saturated carbocycles. The first-order chi connectivity index (χ1) is 9.97. The van der Waals surface area contributed by atoms with Crippen LogP contribution in [0.15, 0.2) is 36.4 Å². The van der Waals surface area contributed by atoms with E-state index in [1.165, 1.54) is 11.6 Å². The molecule has 0 unspecified atom stereocenters. The maximum absolute atomic E-state index is 13.4. The van der Waals surface area contributed by atoms with Crippen molar-refractivity contribution in [2.24, 2.45) is 0 Å². The molecule has 2 rings (SSSR count). The third-order valence-corrected chi connectivity index (χ3v) is 3.46. The van der Waals surface area contributed by atoms with E-state index in [1.54, 1.807) is 13.0 Å². The van der Waals surface area contributed by atoms with Gasteiger partial charge in [-0.15, -0.1) is 0 Å². The van der Waals surface area contributed by atoms with Gasteiger partial charge in [-0.3, -0.25) is 0 Å². The van der Waals surface area contributed by atoms with Crippen molar-refractivity contribution in [3.8, 4) is 5.75 Å². The molecular weight excluding hydrogens is 287 g/mol. The third-order valence-electron chi connectivity index (χ3n) is 3.21. The van der Waals surface area contributed by atoms with E-state index in [0.717, 1.165) is 5.56 Å². The lowest BCUT2D eigenvalue weighted by Gasteiger charge is -2.13. The quantitative estimate of drug-likeness (QED) is 0.598. The minimum Gasteiger partial charge on any atom is -0.505 e. The van der Waals surface area contributed by atoms with Crippen LogP contribution in [-0.4, -0.2) is 10.2 Å². The lowest BCUT2D eigenvalue weighted by Crippen LogP contribution is -2.28. The highest BCUT2D eigenvalue weighted by Crippen LogP contribution is 2.24. The van der Waals surface area contributed by atoms with Crippen LogP contribution in [0, 0.1) is 19.7 Å². The van der Waals surface area contributed by atoms with Gasteiger partial charge in [0.1, 0.15) is 0 Å². The number of phenols is 1. The van der Waals surface area contributed by atoms with E-state index in [1.807, 2.05) is 31.2 Å². The molecule has 0 radical (unpaired) electrons. The molecule has 2 aromatic rings. The van der Waals surface area contributed by atoms with Crippen LogP contribution in [0.5, 0.6) is 5.75 Å². The molecule has 0 saturated heterocycles. The molecule has 0 fully saturated rings. The number of anilines is 1. The second-order valence-corrected chi connectivity index (χ2v) is 5.27. The maximum Gasteiger partial charge on any atom is 0.171 e. The summed E-state index contributed by atoms with van der Waals surface area (Å²) in [7, 11) is 0. The number of nitrogens with one attached hydrogen (secondary N) is 2. The summed E-state index contributed by atoms with van der Waals surface area (Å²) in [5.41, 5.74) is 3.29. The number of benzene rings is 2. The fraction of sp³-hybridized carbons (Fsp3) is 0.188. The molecule has 0 bridgehead atoms. The number of rotatable bonds is 3. The Kier molecular flexibility index (Phi) is 4.75. The van der Waals surface area contributed by atoms with E-state index in [0.29, 0.717) is 22.9 Å². The van der Waals surface area contributed by atoms with Crippen molar-refractivity contribution in [1.29, 1.82) is 0 Å². The van der Waals surface area contributed by atoms with E-state index in [9.17, 15) is 9.50 Å². The summed E-state index contributed by atoms with van der Waals surface area (Å²) >= 11 is 5.19. The van der Waals surface area contributed by atoms with Crippen molar-refractivity contribution < 1.29 is 9.50 Å². The number of hydrogen-bond acceptors (Lipinski definition) is 2. The van der Waals surface area contributed by atoms with Crippen molar-refractivity contribution in [3.63, 3.8) is 0 Å². The first kappa shape index (κ1) is 15.3. The van der Waals surface area contributed by atoms with Crippen molar-refractivity contribution >= 4 is 23.0 Å². The van der Waals surface area contributed by atoms with Crippen LogP contribution >= 0.6 is 12.2 Å². The SMILES string of the molecule is Cc1ccccc1CNC(=S)Nc1cc(C)c(O)c(F)c1. The molecule has 0 heterocycles. The monoisotopic (exact) mass is 304 g/mol. The predicted octanol–water partition coefficient (Wildman–Crippen LogP) is 3.63. The van der Waals surface area contributed by atoms with Crippen molar-refractivity contribution in [3.05, 3.63) is 58.9 Å². The van der Waals surface area contributed by atoms with E-state index in [2.05, 4.69) is 10.6 Å². The highest BCUT2D eigenvalue weighted by molar-refractivity contribution is 7.80. The Morgan fingerprint density at radius 2 is 1.90 bits per heavy atom. The van der Waals surface area contributed by atoms with E-state index in [4.69, 9.17) is 12.2 Å². The molecule has 21 heavy (non-hydrogen) atoms. The van der Waals surface area contributed by atoms with Gasteiger partial charge in [0.05, 0.1) is 0 Å². The van der Waals surface area contributed by atoms with Gasteiger partial charge in [-0.25, -0.2) is 4.39 Å². The Morgan fingerprint density at radius 3 is 2.57 bits per heavy atom. The minimum absolute atomic E-state index is 0.334. The average molecular weight is 304 g/mol. The second-order valence-electron chi connectivity index (χ2n) is 4.86. The van der Waals surface area contributed by atoms with Crippen LogP contribution in [0.1, 0.15) is 16.7 Å². The molecule has 0 atom stereocenters. The number of halogens is 1. The van der Waals surface area contributed by atoms with Gasteiger partial charge < -0.3 is 15.7 Å². The Labute approximate surface area is 128 Å². The lowest BCUT2D eigenvalue weighted by atomic mass is 10.1. The molecule has 0 amide bonds. The van der Waals surface area contributed by atoms with Crippen molar-refractivity contribution in [2.75, 3.05) is 5.32 Å². The standard InChI is InChI=1S/C16H17FN2OS/c1-10-5-3-4-6-12(10)9-18-16(21)19-13-7-11(2)15(20)14(17)8-13/h3-8,20H,9H2,1-2H3,(H2,18,19,21). The predicted molar refractivity (Wildman–Crippen MR) is 87.0 cm³/mol. The van der Waals surface area contributed by atoms with Gasteiger partial charge in [0.15, 0.2) is 16.7 Å². The van der Waals surface area contributed by atoms with Crippen LogP contribution in [0.4, 0.5) is 10.1 Å². The first-order valence-corrected chi connectivity index (χ1v) is 6.96. The molecule has 2 aromatic carbocycles. The summed E-state index contributed by atoms with van der Waals surface area (Å²) in [6.07, 6.45) is 0. The molecule has 110 valence electrons. The van der Waals surface area contributed by atoms with Crippen molar-refractivity contribution in [2.45, 2.75) is 20.4 Å². The van der Waals surface area contributed by atoms with Gasteiger partial charge in [0, 0.05) is 18.3 Å². The van der Waals surface area contributed by atoms with E-state index < -0.39 is 5.82 Å². The molecular formula is C16H17FN2OS. The van der Waals surface area contributed by atoms with E-state index in [-0.39, 0.29) is 5.75 Å². The van der Waals surface area contributed by atoms with Crippen LogP contribution in [0.2, 0.25) is 0 Å². The summed E-state index contributed by atoms with van der Waals surface area (Å²) < 4.78 is 13.4. The molecule has 0 spiro atoms. The number of phenolic OH excluding ortho intramolecular Hbond substituents is 1. The Balaban J connectivity index is 1.98. The largest absolute Gasteiger partial charge is 0.505 e. The molecule has 5 heteroatoms. The fourth-order valence-corrected chi connectivity index (χ4v) is 2.16. The third kappa shape index (κ3) is 3.92. The van der Waals surface area contributed by atoms with Gasteiger partial charge in [-0.05, 0) is 48.8 Å². The van der Waals surface area contributed by atoms with Crippen LogP contribution in [0.25, 0.3) is 0 Å². The average Bonchev–Trinajstić information content (AvgIpc) is 2.44. The summed E-state index contributed by atoms with van der Waals surface area (Å²) in [4.78, 5) is 0. The summed E-state index contributed by atoms with van der Waals surface area (Å²) in [5, 5.41) is 15.8. The fourth-order valence-electron chi connectivity index (χ4n) is 1.97. The molecule has 0 aliphatic carbocycles. The zero-order valence-electron chi connectivity index (χ0n) is 11.9. The normalized spacial score (nSPS) is 10.2. The number of aromatic hydroxyl groups is 1. The Morgan fingerprint density at radius 1 is 1.19 bits per heavy atom. The van der Waals surface area contributed by atoms with Crippen LogP contribution in [-0.2, 0) is 6.54 Å². The second kappa shape index (κ2) is 6.54. The van der Waals surface area contributed by atoms with Gasteiger partial charge in [0.2, 0.25) is 0 Å². The van der Waals surface area contributed by atoms with Crippen molar-refractivity contribution in [1.82, 2.24) is 5.32 Å². The van der Waals surface area contributed by atoms with Crippen LogP contribution in [0.3, 0.4) is 0 Å². The smallest absolute Gasteiger partial charge is 0.171 e. The number of thiocarbonyl (C=S) groups is 1. The lowest BCUT2D eigenvalue weighted by molar-refractivity contribution is 0.429. The van der Waals surface area contributed by atoms with Gasteiger partial charge in [-0.2, -0.15) is 0 Å². The molecule has 0 aliphatic rings. The molecule has 3 N–H and O–H groups in total. The maximum atomic E-state index is 13.4. The molecule has 3 nitrogen and oxygen atoms in total. The summed E-state index contributed by atoms with van der Waals surface area (Å²) in [5.74, 6) is -1.00. The van der Waals surface area contributed by atoms with Gasteiger partial charge in [0.25, 0.3) is 0 Å². The topological polar surface area (TPSA) is 44.3 Å². The first-order valence-electron chi connectivity index (χ1n) is 6.56. The minimum atomic E-state index is -0.667. The number of aryl methyl sites for hydroxylation is 2. The highest BCUT2D eigenvalue weighted by atomic mass is 32.1. The molecule has 0 aromatic heterocycles. The Hall–Kier alpha value is -2.14. The zero-order chi connectivity index (χ0) is 15.4. The van der Waals surface area contributed by atoms with Gasteiger partial charge >= 0.3 is 0 Å². The summed E-state index contributed by atoms with van der Waals surface area (Å²) in [6, 6.07) is 10.9. The van der Waals surface area contributed by atoms with Crippen LogP contribution < -0.4 is 10.6 Å². The Bertz CT molecular complexity index is 650. The highest BCUT2D eigenvalue weighted by Gasteiger charge is 2.07. The van der Waals surface area contributed by atoms with E-state index >= 15 is 0 Å². The van der Waals surface area contributed by atoms with Gasteiger partial charge in [-0.1, -0.05) is 24.3 Å². The zero-order valence-corrected chi connectivity index (χ0v) is 12.7. The number of hydrogen-bond donors (Lipinski definition) is 3. The summed E-state index contributed by atoms with van der Waals surface area (Å²) in [6.45, 7) is 4.26.